The van der Waals surface area contributed by atoms with Crippen LogP contribution >= 0.6 is 0 Å². The number of nitrogens with zero attached hydrogens (tertiary/aromatic N) is 4. The predicted molar refractivity (Wildman–Crippen MR) is 95.1 cm³/mol. The fraction of sp³-hybridized carbons (Fsp3) is 0.105. The summed E-state index contributed by atoms with van der Waals surface area (Å²) < 4.78 is 1.83. The number of anilines is 1. The van der Waals surface area contributed by atoms with E-state index in [1.54, 1.807) is 6.33 Å². The maximum Gasteiger partial charge on any atom is 0.168 e. The summed E-state index contributed by atoms with van der Waals surface area (Å²) in [7, 11) is 0. The summed E-state index contributed by atoms with van der Waals surface area (Å²) in [4.78, 5) is 8.81. The van der Waals surface area contributed by atoms with E-state index in [4.69, 9.17) is 0 Å². The van der Waals surface area contributed by atoms with Crippen molar-refractivity contribution >= 4 is 16.9 Å². The third-order valence-corrected chi connectivity index (χ3v) is 4.02. The van der Waals surface area contributed by atoms with Crippen molar-refractivity contribution in [3.8, 4) is 5.69 Å². The minimum atomic E-state index is 0.143. The molecule has 0 aliphatic carbocycles. The van der Waals surface area contributed by atoms with E-state index in [1.165, 1.54) is 5.56 Å². The van der Waals surface area contributed by atoms with Gasteiger partial charge in [-0.25, -0.2) is 14.6 Å². The molecule has 0 saturated carbocycles. The van der Waals surface area contributed by atoms with Crippen LogP contribution in [0.15, 0.2) is 73.2 Å². The van der Waals surface area contributed by atoms with Crippen LogP contribution in [-0.4, -0.2) is 19.7 Å². The highest BCUT2D eigenvalue weighted by molar-refractivity contribution is 5.87. The number of fused-ring (bicyclic) bond motifs is 1. The number of rotatable bonds is 4. The Labute approximate surface area is 140 Å². The molecule has 4 aromatic rings. The Balaban J connectivity index is 1.71. The van der Waals surface area contributed by atoms with Crippen molar-refractivity contribution in [3.63, 3.8) is 0 Å². The zero-order valence-corrected chi connectivity index (χ0v) is 13.3. The van der Waals surface area contributed by atoms with Gasteiger partial charge < -0.3 is 5.32 Å². The van der Waals surface area contributed by atoms with Gasteiger partial charge in [-0.1, -0.05) is 48.5 Å². The first-order valence-electron chi connectivity index (χ1n) is 7.88. The largest absolute Gasteiger partial charge is 0.363 e. The molecular weight excluding hydrogens is 298 g/mol. The predicted octanol–water partition coefficient (Wildman–Crippen LogP) is 3.99. The second-order valence-corrected chi connectivity index (χ2v) is 5.63. The van der Waals surface area contributed by atoms with Gasteiger partial charge in [0, 0.05) is 6.04 Å². The van der Waals surface area contributed by atoms with E-state index in [9.17, 15) is 0 Å². The SMILES string of the molecule is CC(Nc1ncnc2c1cnn2-c1ccccc1)c1ccccc1. The quantitative estimate of drug-likeness (QED) is 0.619. The first kappa shape index (κ1) is 14.4. The average molecular weight is 315 g/mol. The van der Waals surface area contributed by atoms with Gasteiger partial charge in [-0.15, -0.1) is 0 Å². The average Bonchev–Trinajstić information content (AvgIpc) is 3.08. The second kappa shape index (κ2) is 6.12. The Hall–Kier alpha value is -3.21. The van der Waals surface area contributed by atoms with Gasteiger partial charge in [0.05, 0.1) is 17.3 Å². The summed E-state index contributed by atoms with van der Waals surface area (Å²) in [6, 6.07) is 20.4. The number of nitrogens with one attached hydrogen (secondary N) is 1. The lowest BCUT2D eigenvalue weighted by atomic mass is 10.1. The van der Waals surface area contributed by atoms with Crippen molar-refractivity contribution in [2.75, 3.05) is 5.32 Å². The summed E-state index contributed by atoms with van der Waals surface area (Å²) >= 11 is 0. The van der Waals surface area contributed by atoms with Crippen molar-refractivity contribution in [1.29, 1.82) is 0 Å². The fourth-order valence-electron chi connectivity index (χ4n) is 2.75. The molecule has 0 aliphatic heterocycles. The normalized spacial score (nSPS) is 12.2. The molecule has 24 heavy (non-hydrogen) atoms. The molecule has 2 aromatic heterocycles. The van der Waals surface area contributed by atoms with E-state index in [1.807, 2.05) is 59.4 Å². The Morgan fingerprint density at radius 1 is 0.917 bits per heavy atom. The standard InChI is InChI=1S/C19H17N5/c1-14(15-8-4-2-5-9-15)23-18-17-12-22-24(19(17)21-13-20-18)16-10-6-3-7-11-16/h2-14H,1H3,(H,20,21,23). The molecule has 0 amide bonds. The number of aromatic nitrogens is 4. The van der Waals surface area contributed by atoms with Gasteiger partial charge in [-0.3, -0.25) is 0 Å². The van der Waals surface area contributed by atoms with Crippen molar-refractivity contribution in [2.24, 2.45) is 0 Å². The molecule has 1 atom stereocenters. The van der Waals surface area contributed by atoms with Crippen LogP contribution in [0, 0.1) is 0 Å². The van der Waals surface area contributed by atoms with Gasteiger partial charge in [0.2, 0.25) is 0 Å². The van der Waals surface area contributed by atoms with E-state index in [0.29, 0.717) is 0 Å². The molecule has 2 aromatic carbocycles. The third kappa shape index (κ3) is 2.60. The molecule has 5 nitrogen and oxygen atoms in total. The van der Waals surface area contributed by atoms with Crippen molar-refractivity contribution < 1.29 is 0 Å². The van der Waals surface area contributed by atoms with E-state index in [0.717, 1.165) is 22.5 Å². The number of para-hydroxylation sites is 1. The fourth-order valence-corrected chi connectivity index (χ4v) is 2.75. The van der Waals surface area contributed by atoms with E-state index in [2.05, 4.69) is 39.4 Å². The number of hydrogen-bond donors (Lipinski definition) is 1. The van der Waals surface area contributed by atoms with Gasteiger partial charge in [0.25, 0.3) is 0 Å². The van der Waals surface area contributed by atoms with Gasteiger partial charge in [0.15, 0.2) is 5.65 Å². The molecule has 4 rings (SSSR count). The molecule has 2 heterocycles. The van der Waals surface area contributed by atoms with Crippen molar-refractivity contribution in [1.82, 2.24) is 19.7 Å². The highest BCUT2D eigenvalue weighted by Crippen LogP contribution is 2.25. The third-order valence-electron chi connectivity index (χ3n) is 4.02. The molecule has 0 saturated heterocycles. The van der Waals surface area contributed by atoms with Crippen LogP contribution in [0.3, 0.4) is 0 Å². The van der Waals surface area contributed by atoms with Gasteiger partial charge in [0.1, 0.15) is 12.1 Å². The van der Waals surface area contributed by atoms with E-state index >= 15 is 0 Å². The molecule has 0 fully saturated rings. The summed E-state index contributed by atoms with van der Waals surface area (Å²) in [5.41, 5.74) is 2.98. The van der Waals surface area contributed by atoms with Gasteiger partial charge in [-0.2, -0.15) is 5.10 Å². The maximum absolute atomic E-state index is 4.48. The van der Waals surface area contributed by atoms with Gasteiger partial charge >= 0.3 is 0 Å². The zero-order chi connectivity index (χ0) is 16.4. The molecule has 118 valence electrons. The van der Waals surface area contributed by atoms with Crippen LogP contribution in [0.4, 0.5) is 5.82 Å². The molecule has 0 bridgehead atoms. The number of hydrogen-bond acceptors (Lipinski definition) is 4. The number of benzene rings is 2. The minimum absolute atomic E-state index is 0.143. The van der Waals surface area contributed by atoms with Crippen molar-refractivity contribution in [3.05, 3.63) is 78.8 Å². The Kier molecular flexibility index (Phi) is 3.67. The van der Waals surface area contributed by atoms with Gasteiger partial charge in [-0.05, 0) is 24.6 Å². The monoisotopic (exact) mass is 315 g/mol. The van der Waals surface area contributed by atoms with Crippen LogP contribution in [0.25, 0.3) is 16.7 Å². The first-order chi connectivity index (χ1) is 11.8. The molecule has 5 heteroatoms. The lowest BCUT2D eigenvalue weighted by Gasteiger charge is -2.15. The summed E-state index contributed by atoms with van der Waals surface area (Å²) in [6.07, 6.45) is 3.38. The lowest BCUT2D eigenvalue weighted by Crippen LogP contribution is -2.08. The Morgan fingerprint density at radius 2 is 1.62 bits per heavy atom. The summed E-state index contributed by atoms with van der Waals surface area (Å²) in [5.74, 6) is 0.790. The van der Waals surface area contributed by atoms with E-state index in [-0.39, 0.29) is 6.04 Å². The van der Waals surface area contributed by atoms with Crippen LogP contribution in [0.1, 0.15) is 18.5 Å². The topological polar surface area (TPSA) is 55.6 Å². The summed E-state index contributed by atoms with van der Waals surface area (Å²) in [6.45, 7) is 2.12. The molecular formula is C19H17N5. The lowest BCUT2D eigenvalue weighted by molar-refractivity contribution is 0.874. The minimum Gasteiger partial charge on any atom is -0.363 e. The van der Waals surface area contributed by atoms with E-state index < -0.39 is 0 Å². The second-order valence-electron chi connectivity index (χ2n) is 5.63. The zero-order valence-electron chi connectivity index (χ0n) is 13.3. The Bertz CT molecular complexity index is 947. The molecule has 1 unspecified atom stereocenters. The first-order valence-corrected chi connectivity index (χ1v) is 7.88. The van der Waals surface area contributed by atoms with Crippen LogP contribution in [-0.2, 0) is 0 Å². The molecule has 0 aliphatic rings. The highest BCUT2D eigenvalue weighted by atomic mass is 15.3. The van der Waals surface area contributed by atoms with Crippen molar-refractivity contribution in [2.45, 2.75) is 13.0 Å². The van der Waals surface area contributed by atoms with Crippen LogP contribution in [0.5, 0.6) is 0 Å². The Morgan fingerprint density at radius 3 is 2.38 bits per heavy atom. The molecule has 1 N–H and O–H groups in total. The smallest absolute Gasteiger partial charge is 0.168 e. The van der Waals surface area contributed by atoms with Crippen LogP contribution in [0.2, 0.25) is 0 Å². The highest BCUT2D eigenvalue weighted by Gasteiger charge is 2.13. The van der Waals surface area contributed by atoms with Crippen LogP contribution < -0.4 is 5.32 Å². The molecule has 0 spiro atoms. The molecule has 0 radical (unpaired) electrons. The summed E-state index contributed by atoms with van der Waals surface area (Å²) in [5, 5.41) is 8.85. The maximum atomic E-state index is 4.48.